The van der Waals surface area contributed by atoms with Gasteiger partial charge in [-0.1, -0.05) is 37.3 Å². The van der Waals surface area contributed by atoms with Crippen LogP contribution in [0.2, 0.25) is 0 Å². The van der Waals surface area contributed by atoms with E-state index in [9.17, 15) is 9.59 Å². The topological polar surface area (TPSA) is 89.2 Å². The number of hydrogen-bond donors (Lipinski definition) is 2. The summed E-state index contributed by atoms with van der Waals surface area (Å²) < 4.78 is 6.85. The highest BCUT2D eigenvalue weighted by Crippen LogP contribution is 2.35. The lowest BCUT2D eigenvalue weighted by Crippen LogP contribution is -2.29. The molecule has 0 spiro atoms. The largest absolute Gasteiger partial charge is 0.467 e. The third kappa shape index (κ3) is 4.43. The third-order valence-electron chi connectivity index (χ3n) is 5.12. The SMILES string of the molecule is CC[C@H](C(=O)Nc1c2c(nn1CC(=O)NCc1ccco1)CSC2)c1ccccc1. The van der Waals surface area contributed by atoms with Gasteiger partial charge in [-0.15, -0.1) is 0 Å². The average Bonchev–Trinajstić information content (AvgIpc) is 3.48. The fourth-order valence-electron chi connectivity index (χ4n) is 3.57. The molecule has 0 saturated heterocycles. The van der Waals surface area contributed by atoms with Gasteiger partial charge in [-0.25, -0.2) is 4.68 Å². The second-order valence-corrected chi connectivity index (χ2v) is 8.13. The fraction of sp³-hybridized carbons (Fsp3) is 0.318. The molecule has 0 unspecified atom stereocenters. The van der Waals surface area contributed by atoms with Gasteiger partial charge in [0.1, 0.15) is 18.1 Å². The molecular formula is C22H24N4O3S. The summed E-state index contributed by atoms with van der Waals surface area (Å²) in [6.07, 6.45) is 2.26. The molecular weight excluding hydrogens is 400 g/mol. The molecule has 4 rings (SSSR count). The third-order valence-corrected chi connectivity index (χ3v) is 6.09. The Labute approximate surface area is 179 Å². The molecule has 156 valence electrons. The van der Waals surface area contributed by atoms with Gasteiger partial charge in [-0.05, 0) is 24.1 Å². The molecule has 2 amide bonds. The van der Waals surface area contributed by atoms with Gasteiger partial charge < -0.3 is 15.1 Å². The first-order valence-electron chi connectivity index (χ1n) is 9.97. The van der Waals surface area contributed by atoms with Crippen LogP contribution in [0.25, 0.3) is 0 Å². The lowest BCUT2D eigenvalue weighted by Gasteiger charge is -2.17. The molecule has 2 N–H and O–H groups in total. The van der Waals surface area contributed by atoms with Gasteiger partial charge in [0.15, 0.2) is 0 Å². The highest BCUT2D eigenvalue weighted by Gasteiger charge is 2.27. The van der Waals surface area contributed by atoms with Crippen LogP contribution >= 0.6 is 11.8 Å². The van der Waals surface area contributed by atoms with Crippen molar-refractivity contribution in [3.63, 3.8) is 0 Å². The van der Waals surface area contributed by atoms with Crippen molar-refractivity contribution >= 4 is 29.4 Å². The number of nitrogens with one attached hydrogen (secondary N) is 2. The van der Waals surface area contributed by atoms with Gasteiger partial charge in [-0.3, -0.25) is 9.59 Å². The number of fused-ring (bicyclic) bond motifs is 1. The summed E-state index contributed by atoms with van der Waals surface area (Å²) in [6, 6.07) is 13.3. The normalized spacial score (nSPS) is 13.6. The number of hydrogen-bond acceptors (Lipinski definition) is 5. The Bertz CT molecular complexity index is 1010. The molecule has 8 heteroatoms. The van der Waals surface area contributed by atoms with Crippen LogP contribution in [0, 0.1) is 0 Å². The molecule has 1 aliphatic heterocycles. The number of anilines is 1. The standard InChI is InChI=1S/C22H24N4O3S/c1-2-17(15-7-4-3-5-8-15)22(28)24-21-18-13-30-14-19(18)25-26(21)12-20(27)23-11-16-9-6-10-29-16/h3-10,17H,2,11-14H2,1H3,(H,23,27)(H,24,28)/t17-/m0/s1. The van der Waals surface area contributed by atoms with Crippen LogP contribution in [0.1, 0.15) is 41.8 Å². The maximum atomic E-state index is 13.1. The smallest absolute Gasteiger partial charge is 0.242 e. The average molecular weight is 425 g/mol. The van der Waals surface area contributed by atoms with Crippen molar-refractivity contribution in [1.29, 1.82) is 0 Å². The summed E-state index contributed by atoms with van der Waals surface area (Å²) >= 11 is 1.76. The van der Waals surface area contributed by atoms with Crippen molar-refractivity contribution in [2.45, 2.75) is 43.9 Å². The summed E-state index contributed by atoms with van der Waals surface area (Å²) in [4.78, 5) is 25.5. The molecule has 2 aromatic heterocycles. The number of nitrogens with zero attached hydrogens (tertiary/aromatic N) is 2. The Balaban J connectivity index is 1.49. The van der Waals surface area contributed by atoms with Crippen molar-refractivity contribution in [1.82, 2.24) is 15.1 Å². The minimum absolute atomic E-state index is 0.0378. The Morgan fingerprint density at radius 3 is 2.77 bits per heavy atom. The van der Waals surface area contributed by atoms with Gasteiger partial charge >= 0.3 is 0 Å². The van der Waals surface area contributed by atoms with E-state index in [0.717, 1.165) is 28.3 Å². The number of furan rings is 1. The Kier molecular flexibility index (Phi) is 6.23. The van der Waals surface area contributed by atoms with Crippen LogP contribution < -0.4 is 10.6 Å². The number of thioether (sulfide) groups is 1. The van der Waals surface area contributed by atoms with E-state index in [-0.39, 0.29) is 24.3 Å². The van der Waals surface area contributed by atoms with E-state index >= 15 is 0 Å². The predicted molar refractivity (Wildman–Crippen MR) is 116 cm³/mol. The van der Waals surface area contributed by atoms with Crippen molar-refractivity contribution in [2.75, 3.05) is 5.32 Å². The quantitative estimate of drug-likeness (QED) is 0.576. The van der Waals surface area contributed by atoms with Crippen molar-refractivity contribution in [2.24, 2.45) is 0 Å². The van der Waals surface area contributed by atoms with E-state index in [4.69, 9.17) is 4.42 Å². The fourth-order valence-corrected chi connectivity index (χ4v) is 4.61. The first-order valence-corrected chi connectivity index (χ1v) is 11.1. The molecule has 30 heavy (non-hydrogen) atoms. The Hall–Kier alpha value is -3.00. The maximum absolute atomic E-state index is 13.1. The second-order valence-electron chi connectivity index (χ2n) is 7.14. The summed E-state index contributed by atoms with van der Waals surface area (Å²) in [5, 5.41) is 10.5. The zero-order valence-corrected chi connectivity index (χ0v) is 17.6. The molecule has 7 nitrogen and oxygen atoms in total. The van der Waals surface area contributed by atoms with E-state index in [0.29, 0.717) is 24.5 Å². The van der Waals surface area contributed by atoms with Crippen LogP contribution in [-0.2, 0) is 34.2 Å². The molecule has 0 radical (unpaired) electrons. The van der Waals surface area contributed by atoms with Crippen LogP contribution in [-0.4, -0.2) is 21.6 Å². The van der Waals surface area contributed by atoms with Crippen LogP contribution in [0.3, 0.4) is 0 Å². The van der Waals surface area contributed by atoms with E-state index in [1.807, 2.05) is 37.3 Å². The molecule has 0 fully saturated rings. The summed E-state index contributed by atoms with van der Waals surface area (Å²) in [5.74, 6) is 2.35. The van der Waals surface area contributed by atoms with Crippen molar-refractivity contribution in [3.05, 3.63) is 71.3 Å². The van der Waals surface area contributed by atoms with Crippen LogP contribution in [0.15, 0.2) is 53.1 Å². The Morgan fingerprint density at radius 2 is 2.03 bits per heavy atom. The second kappa shape index (κ2) is 9.21. The molecule has 3 heterocycles. The number of benzene rings is 1. The molecule has 1 atom stereocenters. The highest BCUT2D eigenvalue weighted by atomic mass is 32.2. The van der Waals surface area contributed by atoms with E-state index in [1.165, 1.54) is 0 Å². The molecule has 0 aliphatic carbocycles. The van der Waals surface area contributed by atoms with Crippen LogP contribution in [0.5, 0.6) is 0 Å². The summed E-state index contributed by atoms with van der Waals surface area (Å²) in [7, 11) is 0. The zero-order chi connectivity index (χ0) is 20.9. The lowest BCUT2D eigenvalue weighted by atomic mass is 9.95. The van der Waals surface area contributed by atoms with Gasteiger partial charge in [0.25, 0.3) is 0 Å². The van der Waals surface area contributed by atoms with Gasteiger partial charge in [0.05, 0.1) is 24.4 Å². The number of aromatic nitrogens is 2. The highest BCUT2D eigenvalue weighted by molar-refractivity contribution is 7.98. The zero-order valence-electron chi connectivity index (χ0n) is 16.8. The van der Waals surface area contributed by atoms with E-state index in [2.05, 4.69) is 15.7 Å². The maximum Gasteiger partial charge on any atom is 0.242 e. The van der Waals surface area contributed by atoms with Gasteiger partial charge in [-0.2, -0.15) is 16.9 Å². The first-order chi connectivity index (χ1) is 14.7. The minimum Gasteiger partial charge on any atom is -0.467 e. The lowest BCUT2D eigenvalue weighted by molar-refractivity contribution is -0.122. The minimum atomic E-state index is -0.257. The summed E-state index contributed by atoms with van der Waals surface area (Å²) in [5.41, 5.74) is 2.92. The molecule has 0 bridgehead atoms. The summed E-state index contributed by atoms with van der Waals surface area (Å²) in [6.45, 7) is 2.35. The predicted octanol–water partition coefficient (Wildman–Crippen LogP) is 3.67. The number of carbonyl (C=O) groups is 2. The molecule has 3 aromatic rings. The first kappa shape index (κ1) is 20.3. The van der Waals surface area contributed by atoms with Gasteiger partial charge in [0, 0.05) is 17.1 Å². The van der Waals surface area contributed by atoms with Crippen molar-refractivity contribution < 1.29 is 14.0 Å². The van der Waals surface area contributed by atoms with Crippen LogP contribution in [0.4, 0.5) is 5.82 Å². The Morgan fingerprint density at radius 1 is 1.20 bits per heavy atom. The van der Waals surface area contributed by atoms with E-state index < -0.39 is 0 Å². The molecule has 0 saturated carbocycles. The monoisotopic (exact) mass is 424 g/mol. The molecule has 1 aromatic carbocycles. The number of rotatable bonds is 8. The van der Waals surface area contributed by atoms with Gasteiger partial charge in [0.2, 0.25) is 11.8 Å². The van der Waals surface area contributed by atoms with Crippen molar-refractivity contribution in [3.8, 4) is 0 Å². The number of carbonyl (C=O) groups excluding carboxylic acids is 2. The number of amides is 2. The molecule has 1 aliphatic rings. The van der Waals surface area contributed by atoms with E-state index in [1.54, 1.807) is 34.8 Å².